The van der Waals surface area contributed by atoms with Crippen LogP contribution in [-0.2, 0) is 4.79 Å². The van der Waals surface area contributed by atoms with Gasteiger partial charge in [0.2, 0.25) is 0 Å². The molecule has 3 fully saturated rings. The molecule has 3 rings (SSSR count). The minimum atomic E-state index is -0.712. The van der Waals surface area contributed by atoms with E-state index in [4.69, 9.17) is 0 Å². The lowest BCUT2D eigenvalue weighted by atomic mass is 9.92. The minimum absolute atomic E-state index is 0.321. The second-order valence-electron chi connectivity index (χ2n) is 6.62. The summed E-state index contributed by atoms with van der Waals surface area (Å²) >= 11 is 0. The molecule has 0 aromatic rings. The zero-order valence-electron chi connectivity index (χ0n) is 12.5. The number of carboxylic acid groups (broad SMARTS) is 1. The van der Waals surface area contributed by atoms with E-state index in [0.29, 0.717) is 12.5 Å². The smallest absolute Gasteiger partial charge is 0.325 e. The summed E-state index contributed by atoms with van der Waals surface area (Å²) in [5, 5.41) is 13.0. The molecule has 5 heteroatoms. The van der Waals surface area contributed by atoms with Crippen molar-refractivity contribution in [2.24, 2.45) is 5.92 Å². The van der Waals surface area contributed by atoms with E-state index in [0.717, 1.165) is 51.6 Å². The van der Waals surface area contributed by atoms with Gasteiger partial charge in [0.25, 0.3) is 0 Å². The van der Waals surface area contributed by atoms with Crippen LogP contribution in [0.25, 0.3) is 0 Å². The predicted octanol–water partition coefficient (Wildman–Crippen LogP) is 0.609. The fraction of sp³-hybridized carbons (Fsp3) is 0.933. The van der Waals surface area contributed by atoms with Gasteiger partial charge in [-0.15, -0.1) is 0 Å². The molecule has 1 atom stereocenters. The summed E-state index contributed by atoms with van der Waals surface area (Å²) in [5.41, 5.74) is -0.712. The lowest BCUT2D eigenvalue weighted by molar-refractivity contribution is -0.147. The summed E-state index contributed by atoms with van der Waals surface area (Å²) in [4.78, 5) is 16.8. The highest BCUT2D eigenvalue weighted by atomic mass is 16.4. The molecule has 0 spiro atoms. The van der Waals surface area contributed by atoms with Crippen LogP contribution in [-0.4, -0.2) is 71.7 Å². The van der Waals surface area contributed by atoms with Gasteiger partial charge in [0.05, 0.1) is 0 Å². The first-order valence-corrected chi connectivity index (χ1v) is 8.10. The van der Waals surface area contributed by atoms with Crippen LogP contribution in [0.3, 0.4) is 0 Å². The van der Waals surface area contributed by atoms with Crippen molar-refractivity contribution < 1.29 is 9.90 Å². The molecule has 0 radical (unpaired) electrons. The van der Waals surface area contributed by atoms with Crippen molar-refractivity contribution in [3.8, 4) is 0 Å². The molecular weight excluding hydrogens is 254 g/mol. The predicted molar refractivity (Wildman–Crippen MR) is 77.8 cm³/mol. The minimum Gasteiger partial charge on any atom is -0.480 e. The summed E-state index contributed by atoms with van der Waals surface area (Å²) in [6.07, 6.45) is 4.83. The van der Waals surface area contributed by atoms with Gasteiger partial charge in [0.1, 0.15) is 5.54 Å². The van der Waals surface area contributed by atoms with Gasteiger partial charge < -0.3 is 10.4 Å². The quantitative estimate of drug-likeness (QED) is 0.716. The van der Waals surface area contributed by atoms with Gasteiger partial charge in [-0.1, -0.05) is 6.92 Å². The maximum absolute atomic E-state index is 11.8. The van der Waals surface area contributed by atoms with Gasteiger partial charge >= 0.3 is 5.97 Å². The molecule has 2 aliphatic carbocycles. The van der Waals surface area contributed by atoms with Crippen LogP contribution < -0.4 is 5.32 Å². The van der Waals surface area contributed by atoms with E-state index in [2.05, 4.69) is 15.1 Å². The summed E-state index contributed by atoms with van der Waals surface area (Å²) in [6, 6.07) is 0.832. The molecule has 0 aromatic heterocycles. The average Bonchev–Trinajstić information content (AvgIpc) is 3.30. The van der Waals surface area contributed by atoms with Gasteiger partial charge in [-0.25, -0.2) is 0 Å². The number of nitrogens with zero attached hydrogens (tertiary/aromatic N) is 2. The van der Waals surface area contributed by atoms with Gasteiger partial charge in [-0.05, 0) is 38.1 Å². The molecule has 1 aliphatic heterocycles. The number of rotatable bonds is 7. The molecule has 0 amide bonds. The Balaban J connectivity index is 1.59. The molecule has 20 heavy (non-hydrogen) atoms. The summed E-state index contributed by atoms with van der Waals surface area (Å²) in [7, 11) is 0. The molecule has 3 aliphatic rings. The molecule has 1 unspecified atom stereocenters. The maximum atomic E-state index is 11.8. The van der Waals surface area contributed by atoms with E-state index in [9.17, 15) is 9.90 Å². The lowest BCUT2D eigenvalue weighted by Crippen LogP contribution is -2.62. The van der Waals surface area contributed by atoms with Crippen molar-refractivity contribution in [2.45, 2.75) is 44.2 Å². The van der Waals surface area contributed by atoms with Crippen molar-refractivity contribution in [3.63, 3.8) is 0 Å². The zero-order valence-corrected chi connectivity index (χ0v) is 12.5. The third-order valence-electron chi connectivity index (χ3n) is 5.09. The Labute approximate surface area is 121 Å². The van der Waals surface area contributed by atoms with Gasteiger partial charge in [0.15, 0.2) is 0 Å². The van der Waals surface area contributed by atoms with Crippen LogP contribution in [0.2, 0.25) is 0 Å². The Hall–Kier alpha value is -0.650. The third kappa shape index (κ3) is 2.85. The Kier molecular flexibility index (Phi) is 4.02. The number of likely N-dealkylation sites (N-methyl/N-ethyl adjacent to an activating group) is 1. The summed E-state index contributed by atoms with van der Waals surface area (Å²) < 4.78 is 0. The molecule has 114 valence electrons. The van der Waals surface area contributed by atoms with E-state index in [1.807, 2.05) is 6.92 Å². The van der Waals surface area contributed by atoms with Gasteiger partial charge in [-0.2, -0.15) is 0 Å². The van der Waals surface area contributed by atoms with Gasteiger partial charge in [-0.3, -0.25) is 14.6 Å². The van der Waals surface area contributed by atoms with E-state index >= 15 is 0 Å². The lowest BCUT2D eigenvalue weighted by Gasteiger charge is -2.40. The topological polar surface area (TPSA) is 55.8 Å². The number of hydrogen-bond acceptors (Lipinski definition) is 4. The fourth-order valence-electron chi connectivity index (χ4n) is 3.62. The average molecular weight is 281 g/mol. The van der Waals surface area contributed by atoms with Crippen molar-refractivity contribution in [1.82, 2.24) is 15.1 Å². The van der Waals surface area contributed by atoms with E-state index in [1.54, 1.807) is 0 Å². The standard InChI is InChI=1S/C15H27N3O2/c1-2-16-15(14(19)20,12-3-4-12)11-17-7-9-18(10-8-17)13-5-6-13/h12-13,16H,2-11H2,1H3,(H,19,20). The molecule has 5 nitrogen and oxygen atoms in total. The Bertz CT molecular complexity index is 360. The summed E-state index contributed by atoms with van der Waals surface area (Å²) in [5.74, 6) is -0.340. The zero-order chi connectivity index (χ0) is 14.2. The van der Waals surface area contributed by atoms with E-state index in [1.165, 1.54) is 12.8 Å². The van der Waals surface area contributed by atoms with Crippen LogP contribution in [0.5, 0.6) is 0 Å². The monoisotopic (exact) mass is 281 g/mol. The Morgan fingerprint density at radius 2 is 1.85 bits per heavy atom. The highest BCUT2D eigenvalue weighted by Gasteiger charge is 2.51. The molecule has 1 heterocycles. The van der Waals surface area contributed by atoms with Crippen molar-refractivity contribution in [3.05, 3.63) is 0 Å². The number of nitrogens with one attached hydrogen (secondary N) is 1. The molecule has 0 aromatic carbocycles. The van der Waals surface area contributed by atoms with E-state index < -0.39 is 11.5 Å². The van der Waals surface area contributed by atoms with Crippen LogP contribution in [0, 0.1) is 5.92 Å². The maximum Gasteiger partial charge on any atom is 0.325 e. The number of carboxylic acids is 1. The van der Waals surface area contributed by atoms with Crippen LogP contribution in [0.4, 0.5) is 0 Å². The Morgan fingerprint density at radius 1 is 1.20 bits per heavy atom. The fourth-order valence-corrected chi connectivity index (χ4v) is 3.62. The van der Waals surface area contributed by atoms with Crippen LogP contribution in [0.15, 0.2) is 0 Å². The third-order valence-corrected chi connectivity index (χ3v) is 5.09. The van der Waals surface area contributed by atoms with E-state index in [-0.39, 0.29) is 0 Å². The molecule has 2 saturated carbocycles. The first-order valence-electron chi connectivity index (χ1n) is 8.10. The van der Waals surface area contributed by atoms with Crippen molar-refractivity contribution >= 4 is 5.97 Å². The second-order valence-corrected chi connectivity index (χ2v) is 6.62. The second kappa shape index (κ2) is 5.62. The number of carbonyl (C=O) groups is 1. The normalized spacial score (nSPS) is 28.2. The number of hydrogen-bond donors (Lipinski definition) is 2. The van der Waals surface area contributed by atoms with Gasteiger partial charge in [0, 0.05) is 38.8 Å². The molecule has 2 N–H and O–H groups in total. The number of piperazine rings is 1. The molecular formula is C15H27N3O2. The van der Waals surface area contributed by atoms with Crippen molar-refractivity contribution in [2.75, 3.05) is 39.3 Å². The Morgan fingerprint density at radius 3 is 2.30 bits per heavy atom. The first-order chi connectivity index (χ1) is 9.65. The summed E-state index contributed by atoms with van der Waals surface area (Å²) in [6.45, 7) is 7.65. The van der Waals surface area contributed by atoms with Crippen LogP contribution >= 0.6 is 0 Å². The molecule has 1 saturated heterocycles. The van der Waals surface area contributed by atoms with Crippen LogP contribution in [0.1, 0.15) is 32.6 Å². The number of aliphatic carboxylic acids is 1. The first kappa shape index (κ1) is 14.3. The highest BCUT2D eigenvalue weighted by molar-refractivity contribution is 5.80. The molecule has 0 bridgehead atoms. The largest absolute Gasteiger partial charge is 0.480 e. The highest BCUT2D eigenvalue weighted by Crippen LogP contribution is 2.40. The van der Waals surface area contributed by atoms with Crippen molar-refractivity contribution in [1.29, 1.82) is 0 Å². The SMILES string of the molecule is CCNC(CN1CCN(C2CC2)CC1)(C(=O)O)C1CC1.